The summed E-state index contributed by atoms with van der Waals surface area (Å²) in [5.41, 5.74) is 24.1. The molecule has 0 unspecified atom stereocenters. The summed E-state index contributed by atoms with van der Waals surface area (Å²) in [5.74, 6) is -1.84. The van der Waals surface area contributed by atoms with E-state index in [-0.39, 0.29) is 12.8 Å². The topological polar surface area (TPSA) is 284 Å². The van der Waals surface area contributed by atoms with Crippen molar-refractivity contribution >= 4 is 0 Å². The van der Waals surface area contributed by atoms with Crippen LogP contribution in [-0.2, 0) is 23.7 Å². The van der Waals surface area contributed by atoms with E-state index in [1.807, 2.05) is 0 Å². The van der Waals surface area contributed by atoms with Crippen LogP contribution in [0.1, 0.15) is 19.8 Å². The fourth-order valence-electron chi connectivity index (χ4n) is 5.76. The molecule has 16 heteroatoms. The zero-order chi connectivity index (χ0) is 28.1. The molecule has 3 aliphatic heterocycles. The van der Waals surface area contributed by atoms with Gasteiger partial charge in [0.15, 0.2) is 18.4 Å². The second kappa shape index (κ2) is 11.7. The summed E-state index contributed by atoms with van der Waals surface area (Å²) in [6.45, 7) is 0.848. The molecular formula is C22H43N5O11. The van der Waals surface area contributed by atoms with E-state index in [1.165, 1.54) is 6.92 Å². The molecule has 222 valence electrons. The van der Waals surface area contributed by atoms with Crippen molar-refractivity contribution in [1.82, 2.24) is 5.32 Å². The molecule has 0 amide bonds. The van der Waals surface area contributed by atoms with Crippen molar-refractivity contribution in [2.75, 3.05) is 13.7 Å². The number of aliphatic hydroxyl groups is 6. The molecule has 0 aromatic rings. The monoisotopic (exact) mass is 553 g/mol. The SMILES string of the molecule is CN[C@@H]1[C@@H](O[C@@]2(C)O[C@H](CO)[C@@H](N)[C@H](O)[C@H]2O)O[C@H]2C[C@@H](N)[C@@H](O[C@H]3[C@H](O)[C@@H](O)[C@H](N)C[C@@H]3N)O[C@@H]2[C@@H]1O. The molecule has 0 spiro atoms. The van der Waals surface area contributed by atoms with Crippen LogP contribution in [-0.4, -0.2) is 148 Å². The Kier molecular flexibility index (Phi) is 9.33. The summed E-state index contributed by atoms with van der Waals surface area (Å²) in [7, 11) is 1.56. The van der Waals surface area contributed by atoms with E-state index in [2.05, 4.69) is 5.32 Å². The van der Waals surface area contributed by atoms with E-state index in [1.54, 1.807) is 7.05 Å². The second-order valence-corrected chi connectivity index (χ2v) is 10.8. The van der Waals surface area contributed by atoms with E-state index in [0.717, 1.165) is 0 Å². The molecule has 4 aliphatic rings. The molecule has 1 saturated carbocycles. The third-order valence-electron chi connectivity index (χ3n) is 8.13. The van der Waals surface area contributed by atoms with Gasteiger partial charge in [0.05, 0.1) is 36.9 Å². The molecule has 0 aromatic heterocycles. The van der Waals surface area contributed by atoms with Crippen LogP contribution in [0.25, 0.3) is 0 Å². The molecule has 3 heterocycles. The molecule has 0 bridgehead atoms. The first-order chi connectivity index (χ1) is 17.8. The van der Waals surface area contributed by atoms with Gasteiger partial charge in [0.2, 0.25) is 0 Å². The maximum absolute atomic E-state index is 11.2. The van der Waals surface area contributed by atoms with Crippen molar-refractivity contribution in [3.05, 3.63) is 0 Å². The van der Waals surface area contributed by atoms with Crippen LogP contribution < -0.4 is 28.3 Å². The summed E-state index contributed by atoms with van der Waals surface area (Å²) < 4.78 is 29.7. The van der Waals surface area contributed by atoms with Gasteiger partial charge in [-0.2, -0.15) is 0 Å². The van der Waals surface area contributed by atoms with Gasteiger partial charge in [0.1, 0.15) is 42.7 Å². The third-order valence-corrected chi connectivity index (χ3v) is 8.13. The van der Waals surface area contributed by atoms with Gasteiger partial charge < -0.3 is 82.6 Å². The minimum absolute atomic E-state index is 0.149. The predicted octanol–water partition coefficient (Wildman–Crippen LogP) is -6.56. The quantitative estimate of drug-likeness (QED) is 0.146. The Morgan fingerprint density at radius 1 is 0.868 bits per heavy atom. The van der Waals surface area contributed by atoms with Crippen LogP contribution in [0.2, 0.25) is 0 Å². The molecule has 3 saturated heterocycles. The lowest BCUT2D eigenvalue weighted by Crippen LogP contribution is -2.72. The summed E-state index contributed by atoms with van der Waals surface area (Å²) in [4.78, 5) is 0. The Morgan fingerprint density at radius 2 is 1.55 bits per heavy atom. The maximum atomic E-state index is 11.2. The molecule has 38 heavy (non-hydrogen) atoms. The van der Waals surface area contributed by atoms with E-state index in [0.29, 0.717) is 0 Å². The first-order valence-corrected chi connectivity index (χ1v) is 12.9. The van der Waals surface area contributed by atoms with Crippen LogP contribution in [0, 0.1) is 0 Å². The minimum Gasteiger partial charge on any atom is -0.394 e. The van der Waals surface area contributed by atoms with E-state index in [9.17, 15) is 30.6 Å². The zero-order valence-corrected chi connectivity index (χ0v) is 21.4. The average Bonchev–Trinajstić information content (AvgIpc) is 2.87. The Bertz CT molecular complexity index is 801. The van der Waals surface area contributed by atoms with E-state index < -0.39 is 110 Å². The first kappa shape index (κ1) is 30.3. The minimum atomic E-state index is -1.84. The molecule has 16 nitrogen and oxygen atoms in total. The van der Waals surface area contributed by atoms with Gasteiger partial charge in [-0.05, 0) is 26.8 Å². The first-order valence-electron chi connectivity index (χ1n) is 12.9. The number of ether oxygens (including phenoxy) is 5. The van der Waals surface area contributed by atoms with Gasteiger partial charge in [-0.3, -0.25) is 0 Å². The number of nitrogens with two attached hydrogens (primary N) is 4. The number of likely N-dealkylation sites (N-methyl/N-ethyl adjacent to an activating group) is 1. The zero-order valence-electron chi connectivity index (χ0n) is 21.4. The molecular weight excluding hydrogens is 510 g/mol. The van der Waals surface area contributed by atoms with Crippen LogP contribution >= 0.6 is 0 Å². The number of hydrogen-bond donors (Lipinski definition) is 11. The lowest BCUT2D eigenvalue weighted by Gasteiger charge is -2.53. The molecule has 0 radical (unpaired) electrons. The van der Waals surface area contributed by atoms with Crippen molar-refractivity contribution in [3.8, 4) is 0 Å². The molecule has 0 aromatic carbocycles. The van der Waals surface area contributed by atoms with Crippen LogP contribution in [0.15, 0.2) is 0 Å². The summed E-state index contributed by atoms with van der Waals surface area (Å²) >= 11 is 0. The summed E-state index contributed by atoms with van der Waals surface area (Å²) in [6.07, 6.45) is -12.5. The Balaban J connectivity index is 1.47. The second-order valence-electron chi connectivity index (χ2n) is 10.8. The summed E-state index contributed by atoms with van der Waals surface area (Å²) in [6, 6.07) is -4.11. The maximum Gasteiger partial charge on any atom is 0.197 e. The van der Waals surface area contributed by atoms with Gasteiger partial charge >= 0.3 is 0 Å². The van der Waals surface area contributed by atoms with Crippen LogP contribution in [0.3, 0.4) is 0 Å². The lowest BCUT2D eigenvalue weighted by molar-refractivity contribution is -0.407. The highest BCUT2D eigenvalue weighted by atomic mass is 16.8. The summed E-state index contributed by atoms with van der Waals surface area (Å²) in [5, 5.41) is 65.4. The molecule has 15 N–H and O–H groups in total. The number of aliphatic hydroxyl groups excluding tert-OH is 6. The molecule has 4 rings (SSSR count). The third kappa shape index (κ3) is 5.47. The van der Waals surface area contributed by atoms with Crippen molar-refractivity contribution in [2.45, 2.75) is 123 Å². The Hall–Kier alpha value is -0.640. The number of nitrogens with one attached hydrogen (secondary N) is 1. The lowest BCUT2D eigenvalue weighted by atomic mass is 9.84. The van der Waals surface area contributed by atoms with Gasteiger partial charge in [-0.1, -0.05) is 0 Å². The highest BCUT2D eigenvalue weighted by Crippen LogP contribution is 2.38. The molecule has 17 atom stereocenters. The highest BCUT2D eigenvalue weighted by Gasteiger charge is 2.57. The standard InChI is InChI=1S/C22H43N5O11/c1-22(19(33)14(30)11(26)10(5-28)37-22)38-21-12(27-2)15(31)18-9(34-21)4-8(25)20(36-18)35-17-7(24)3-6(23)13(29)16(17)32/h6-21,27-33H,3-5,23-26H2,1-2H3/t6-,7+,8-,9+,10-,11-,12+,13+,14+,15-,16-,17-,18+,19-,20+,21-,22-/m1/s1. The van der Waals surface area contributed by atoms with Gasteiger partial charge in [0.25, 0.3) is 0 Å². The van der Waals surface area contributed by atoms with E-state index >= 15 is 0 Å². The number of rotatable bonds is 6. The van der Waals surface area contributed by atoms with Crippen molar-refractivity contribution in [1.29, 1.82) is 0 Å². The van der Waals surface area contributed by atoms with Gasteiger partial charge in [-0.15, -0.1) is 0 Å². The fourth-order valence-corrected chi connectivity index (χ4v) is 5.76. The smallest absolute Gasteiger partial charge is 0.197 e. The van der Waals surface area contributed by atoms with Crippen molar-refractivity contribution < 1.29 is 54.3 Å². The largest absolute Gasteiger partial charge is 0.394 e. The Labute approximate surface area is 220 Å². The average molecular weight is 554 g/mol. The van der Waals surface area contributed by atoms with Crippen LogP contribution in [0.5, 0.6) is 0 Å². The fraction of sp³-hybridized carbons (Fsp3) is 1.00. The van der Waals surface area contributed by atoms with Crippen molar-refractivity contribution in [3.63, 3.8) is 0 Å². The molecule has 4 fully saturated rings. The van der Waals surface area contributed by atoms with Gasteiger partial charge in [-0.25, -0.2) is 0 Å². The predicted molar refractivity (Wildman–Crippen MR) is 128 cm³/mol. The van der Waals surface area contributed by atoms with Gasteiger partial charge in [0, 0.05) is 12.1 Å². The van der Waals surface area contributed by atoms with Crippen LogP contribution in [0.4, 0.5) is 0 Å². The van der Waals surface area contributed by atoms with E-state index in [4.69, 9.17) is 46.6 Å². The molecule has 1 aliphatic carbocycles. The highest BCUT2D eigenvalue weighted by molar-refractivity contribution is 5.03. The number of hydrogen-bond acceptors (Lipinski definition) is 16. The van der Waals surface area contributed by atoms with Crippen molar-refractivity contribution in [2.24, 2.45) is 22.9 Å². The normalized spacial score (nSPS) is 55.9. The Morgan fingerprint density at radius 3 is 2.18 bits per heavy atom. The number of fused-ring (bicyclic) bond motifs is 1.